The SMILES string of the molecule is CNCC(C)(C)CC#N. The second-order valence-corrected chi connectivity index (χ2v) is 3.03. The van der Waals surface area contributed by atoms with E-state index in [-0.39, 0.29) is 5.41 Å². The lowest BCUT2D eigenvalue weighted by molar-refractivity contribution is 0.361. The molecule has 0 amide bonds. The van der Waals surface area contributed by atoms with Crippen molar-refractivity contribution in [3.63, 3.8) is 0 Å². The lowest BCUT2D eigenvalue weighted by atomic mass is 9.90. The molecule has 0 saturated heterocycles. The van der Waals surface area contributed by atoms with E-state index in [0.717, 1.165) is 6.54 Å². The topological polar surface area (TPSA) is 35.8 Å². The van der Waals surface area contributed by atoms with Crippen LogP contribution in [0.2, 0.25) is 0 Å². The van der Waals surface area contributed by atoms with Crippen LogP contribution in [-0.4, -0.2) is 13.6 Å². The van der Waals surface area contributed by atoms with Gasteiger partial charge in [-0.2, -0.15) is 5.26 Å². The summed E-state index contributed by atoms with van der Waals surface area (Å²) in [6.45, 7) is 5.06. The van der Waals surface area contributed by atoms with Crippen LogP contribution in [0.15, 0.2) is 0 Å². The molecule has 0 heterocycles. The van der Waals surface area contributed by atoms with Crippen molar-refractivity contribution in [2.24, 2.45) is 5.41 Å². The van der Waals surface area contributed by atoms with Crippen LogP contribution in [0.1, 0.15) is 20.3 Å². The molecule has 0 atom stereocenters. The van der Waals surface area contributed by atoms with Crippen molar-refractivity contribution in [2.45, 2.75) is 20.3 Å². The lowest BCUT2D eigenvalue weighted by Gasteiger charge is -2.19. The van der Waals surface area contributed by atoms with Crippen LogP contribution in [0.25, 0.3) is 0 Å². The van der Waals surface area contributed by atoms with Gasteiger partial charge >= 0.3 is 0 Å². The number of hydrogen-bond acceptors (Lipinski definition) is 2. The molecule has 0 fully saturated rings. The molecule has 0 bridgehead atoms. The summed E-state index contributed by atoms with van der Waals surface area (Å²) < 4.78 is 0. The molecular weight excluding hydrogens is 112 g/mol. The number of nitrogens with one attached hydrogen (secondary N) is 1. The smallest absolute Gasteiger partial charge is 0.0627 e. The Bertz CT molecular complexity index is 111. The van der Waals surface area contributed by atoms with E-state index in [9.17, 15) is 0 Å². The molecule has 52 valence electrons. The average Bonchev–Trinajstić information content (AvgIpc) is 1.64. The summed E-state index contributed by atoms with van der Waals surface area (Å²) in [4.78, 5) is 0. The third-order valence-electron chi connectivity index (χ3n) is 1.21. The molecule has 0 saturated carbocycles. The zero-order valence-electron chi connectivity index (χ0n) is 6.36. The van der Waals surface area contributed by atoms with Crippen molar-refractivity contribution in [2.75, 3.05) is 13.6 Å². The normalized spacial score (nSPS) is 10.9. The van der Waals surface area contributed by atoms with E-state index in [1.54, 1.807) is 0 Å². The Morgan fingerprint density at radius 2 is 2.11 bits per heavy atom. The number of nitrogens with zero attached hydrogens (tertiary/aromatic N) is 1. The molecule has 1 N–H and O–H groups in total. The average molecular weight is 126 g/mol. The minimum absolute atomic E-state index is 0.128. The van der Waals surface area contributed by atoms with Crippen LogP contribution in [0.4, 0.5) is 0 Å². The van der Waals surface area contributed by atoms with Gasteiger partial charge in [0.05, 0.1) is 6.07 Å². The van der Waals surface area contributed by atoms with Crippen molar-refractivity contribution >= 4 is 0 Å². The lowest BCUT2D eigenvalue weighted by Crippen LogP contribution is -2.25. The van der Waals surface area contributed by atoms with E-state index >= 15 is 0 Å². The molecular formula is C7H14N2. The van der Waals surface area contributed by atoms with E-state index in [0.29, 0.717) is 6.42 Å². The van der Waals surface area contributed by atoms with Gasteiger partial charge in [0.1, 0.15) is 0 Å². The molecule has 9 heavy (non-hydrogen) atoms. The Kier molecular flexibility index (Phi) is 3.26. The third-order valence-corrected chi connectivity index (χ3v) is 1.21. The monoisotopic (exact) mass is 126 g/mol. The third kappa shape index (κ3) is 3.99. The summed E-state index contributed by atoms with van der Waals surface area (Å²) >= 11 is 0. The first-order valence-electron chi connectivity index (χ1n) is 3.14. The van der Waals surface area contributed by atoms with Crippen LogP contribution >= 0.6 is 0 Å². The fourth-order valence-corrected chi connectivity index (χ4v) is 0.755. The van der Waals surface area contributed by atoms with Gasteiger partial charge < -0.3 is 5.32 Å². The van der Waals surface area contributed by atoms with Crippen molar-refractivity contribution in [1.82, 2.24) is 5.32 Å². The largest absolute Gasteiger partial charge is 0.319 e. The second kappa shape index (κ2) is 3.47. The zero-order valence-corrected chi connectivity index (χ0v) is 6.36. The minimum atomic E-state index is 0.128. The van der Waals surface area contributed by atoms with E-state index in [4.69, 9.17) is 5.26 Å². The number of nitriles is 1. The predicted molar refractivity (Wildman–Crippen MR) is 37.9 cm³/mol. The fraction of sp³-hybridized carbons (Fsp3) is 0.857. The maximum absolute atomic E-state index is 8.35. The summed E-state index contributed by atoms with van der Waals surface area (Å²) in [5, 5.41) is 11.4. The van der Waals surface area contributed by atoms with Gasteiger partial charge in [-0.05, 0) is 12.5 Å². The predicted octanol–water partition coefficient (Wildman–Crippen LogP) is 1.15. The highest BCUT2D eigenvalue weighted by molar-refractivity contribution is 4.83. The van der Waals surface area contributed by atoms with Crippen LogP contribution < -0.4 is 5.32 Å². The fourth-order valence-electron chi connectivity index (χ4n) is 0.755. The molecule has 0 aromatic carbocycles. The molecule has 0 unspecified atom stereocenters. The quantitative estimate of drug-likeness (QED) is 0.615. The summed E-state index contributed by atoms with van der Waals surface area (Å²) in [7, 11) is 1.90. The van der Waals surface area contributed by atoms with Crippen LogP contribution in [-0.2, 0) is 0 Å². The van der Waals surface area contributed by atoms with E-state index in [1.165, 1.54) is 0 Å². The standard InChI is InChI=1S/C7H14N2/c1-7(2,4-5-8)6-9-3/h9H,4,6H2,1-3H3. The Morgan fingerprint density at radius 1 is 1.56 bits per heavy atom. The van der Waals surface area contributed by atoms with Crippen molar-refractivity contribution in [3.8, 4) is 6.07 Å². The van der Waals surface area contributed by atoms with Gasteiger partial charge in [0, 0.05) is 13.0 Å². The summed E-state index contributed by atoms with van der Waals surface area (Å²) in [6.07, 6.45) is 0.619. The van der Waals surface area contributed by atoms with E-state index in [1.807, 2.05) is 7.05 Å². The Labute approximate surface area is 56.9 Å². The molecule has 0 aliphatic heterocycles. The molecule has 0 radical (unpaired) electrons. The van der Waals surface area contributed by atoms with Crippen LogP contribution in [0.3, 0.4) is 0 Å². The molecule has 0 aliphatic carbocycles. The van der Waals surface area contributed by atoms with Crippen molar-refractivity contribution in [3.05, 3.63) is 0 Å². The van der Waals surface area contributed by atoms with Gasteiger partial charge in [-0.25, -0.2) is 0 Å². The van der Waals surface area contributed by atoms with Gasteiger partial charge in [0.25, 0.3) is 0 Å². The van der Waals surface area contributed by atoms with Crippen LogP contribution in [0.5, 0.6) is 0 Å². The molecule has 0 spiro atoms. The van der Waals surface area contributed by atoms with Crippen molar-refractivity contribution in [1.29, 1.82) is 5.26 Å². The number of hydrogen-bond donors (Lipinski definition) is 1. The molecule has 0 aromatic heterocycles. The maximum atomic E-state index is 8.35. The van der Waals surface area contributed by atoms with Crippen LogP contribution in [0, 0.1) is 16.7 Å². The summed E-state index contributed by atoms with van der Waals surface area (Å²) in [5.74, 6) is 0. The Hall–Kier alpha value is -0.550. The van der Waals surface area contributed by atoms with Gasteiger partial charge in [-0.1, -0.05) is 13.8 Å². The highest BCUT2D eigenvalue weighted by atomic mass is 14.8. The van der Waals surface area contributed by atoms with Gasteiger partial charge in [0.2, 0.25) is 0 Å². The molecule has 2 nitrogen and oxygen atoms in total. The summed E-state index contributed by atoms with van der Waals surface area (Å²) in [5.41, 5.74) is 0.128. The number of rotatable bonds is 3. The highest BCUT2D eigenvalue weighted by Crippen LogP contribution is 2.16. The molecule has 0 rings (SSSR count). The first kappa shape index (κ1) is 8.45. The summed E-state index contributed by atoms with van der Waals surface area (Å²) in [6, 6.07) is 2.15. The molecule has 0 aromatic rings. The molecule has 0 aliphatic rings. The minimum Gasteiger partial charge on any atom is -0.319 e. The van der Waals surface area contributed by atoms with Gasteiger partial charge in [0.15, 0.2) is 0 Å². The highest BCUT2D eigenvalue weighted by Gasteiger charge is 2.14. The van der Waals surface area contributed by atoms with Gasteiger partial charge in [-0.15, -0.1) is 0 Å². The molecule has 2 heteroatoms. The maximum Gasteiger partial charge on any atom is 0.0627 e. The van der Waals surface area contributed by atoms with Crippen molar-refractivity contribution < 1.29 is 0 Å². The first-order valence-corrected chi connectivity index (χ1v) is 3.14. The zero-order chi connectivity index (χ0) is 7.33. The Morgan fingerprint density at radius 3 is 2.44 bits per heavy atom. The second-order valence-electron chi connectivity index (χ2n) is 3.03. The van der Waals surface area contributed by atoms with Gasteiger partial charge in [-0.3, -0.25) is 0 Å². The Balaban J connectivity index is 3.59. The first-order chi connectivity index (χ1) is 4.12. The van der Waals surface area contributed by atoms with E-state index in [2.05, 4.69) is 25.2 Å². The van der Waals surface area contributed by atoms with E-state index < -0.39 is 0 Å².